The first-order chi connectivity index (χ1) is 14.1. The van der Waals surface area contributed by atoms with Gasteiger partial charge < -0.3 is 10.1 Å². The van der Waals surface area contributed by atoms with Crippen LogP contribution >= 0.6 is 11.3 Å². The molecule has 4 rings (SSSR count). The lowest BCUT2D eigenvalue weighted by Gasteiger charge is -2.18. The van der Waals surface area contributed by atoms with Crippen LogP contribution in [0.3, 0.4) is 0 Å². The van der Waals surface area contributed by atoms with Crippen LogP contribution in [0.5, 0.6) is 5.75 Å². The lowest BCUT2D eigenvalue weighted by atomic mass is 10.1. The van der Waals surface area contributed by atoms with E-state index in [-0.39, 0.29) is 10.8 Å². The molecule has 0 radical (unpaired) electrons. The molecule has 0 bridgehead atoms. The zero-order chi connectivity index (χ0) is 20.4. The van der Waals surface area contributed by atoms with E-state index in [0.29, 0.717) is 24.4 Å². The summed E-state index contributed by atoms with van der Waals surface area (Å²) in [6.45, 7) is 4.49. The van der Waals surface area contributed by atoms with Crippen LogP contribution in [0.1, 0.15) is 20.3 Å². The van der Waals surface area contributed by atoms with Crippen molar-refractivity contribution in [2.45, 2.75) is 32.9 Å². The summed E-state index contributed by atoms with van der Waals surface area (Å²) in [5.41, 5.74) is 1.55. The summed E-state index contributed by atoms with van der Waals surface area (Å²) >= 11 is 1.19. The van der Waals surface area contributed by atoms with E-state index in [1.54, 1.807) is 4.57 Å². The molecule has 1 unspecified atom stereocenters. The van der Waals surface area contributed by atoms with E-state index in [0.717, 1.165) is 21.0 Å². The monoisotopic (exact) mass is 406 g/mol. The number of nitrogens with zero attached hydrogens (tertiary/aromatic N) is 1. The van der Waals surface area contributed by atoms with E-state index < -0.39 is 6.10 Å². The van der Waals surface area contributed by atoms with Gasteiger partial charge in [0.25, 0.3) is 5.91 Å². The number of benzene rings is 3. The molecule has 1 N–H and O–H groups in total. The normalized spacial score (nSPS) is 12.2. The predicted molar refractivity (Wildman–Crippen MR) is 119 cm³/mol. The Hall–Kier alpha value is -3.12. The smallest absolute Gasteiger partial charge is 0.308 e. The largest absolute Gasteiger partial charge is 0.480 e. The third-order valence-electron chi connectivity index (χ3n) is 4.93. The first-order valence-corrected chi connectivity index (χ1v) is 10.5. The van der Waals surface area contributed by atoms with Crippen molar-refractivity contribution in [2.75, 3.05) is 5.32 Å². The summed E-state index contributed by atoms with van der Waals surface area (Å²) in [7, 11) is 0. The van der Waals surface area contributed by atoms with Crippen molar-refractivity contribution in [3.63, 3.8) is 0 Å². The van der Waals surface area contributed by atoms with Gasteiger partial charge in [0.15, 0.2) is 6.10 Å². The van der Waals surface area contributed by atoms with E-state index in [4.69, 9.17) is 4.74 Å². The SMILES string of the molecule is CCC(Oc1cccc2ccccc12)C(=O)Nc1ccc2c(c1)sc(=O)n2CC. The van der Waals surface area contributed by atoms with Gasteiger partial charge in [0.1, 0.15) is 5.75 Å². The number of carbonyl (C=O) groups excluding carboxylic acids is 1. The fraction of sp³-hybridized carbons (Fsp3) is 0.217. The second kappa shape index (κ2) is 8.09. The summed E-state index contributed by atoms with van der Waals surface area (Å²) in [5, 5.41) is 4.98. The van der Waals surface area contributed by atoms with Crippen molar-refractivity contribution in [3.05, 3.63) is 70.3 Å². The van der Waals surface area contributed by atoms with Crippen LogP contribution in [0.4, 0.5) is 5.69 Å². The van der Waals surface area contributed by atoms with Crippen LogP contribution in [0.25, 0.3) is 21.0 Å². The Bertz CT molecular complexity index is 1240. The third kappa shape index (κ3) is 3.76. The molecule has 0 saturated heterocycles. The molecule has 6 heteroatoms. The lowest BCUT2D eigenvalue weighted by Crippen LogP contribution is -2.32. The first-order valence-electron chi connectivity index (χ1n) is 9.69. The third-order valence-corrected chi connectivity index (χ3v) is 5.88. The number of carbonyl (C=O) groups is 1. The molecule has 3 aromatic carbocycles. The minimum atomic E-state index is -0.615. The highest BCUT2D eigenvalue weighted by Crippen LogP contribution is 2.27. The zero-order valence-electron chi connectivity index (χ0n) is 16.3. The van der Waals surface area contributed by atoms with Crippen LogP contribution in [0.15, 0.2) is 65.5 Å². The maximum atomic E-state index is 12.8. The molecular formula is C23H22N2O3S. The second-order valence-corrected chi connectivity index (χ2v) is 7.77. The second-order valence-electron chi connectivity index (χ2n) is 6.78. The molecule has 5 nitrogen and oxygen atoms in total. The molecule has 148 valence electrons. The number of hydrogen-bond acceptors (Lipinski definition) is 4. The summed E-state index contributed by atoms with van der Waals surface area (Å²) < 4.78 is 8.66. The molecular weight excluding hydrogens is 384 g/mol. The Morgan fingerprint density at radius 3 is 2.69 bits per heavy atom. The minimum Gasteiger partial charge on any atom is -0.480 e. The fourth-order valence-corrected chi connectivity index (χ4v) is 4.43. The number of amides is 1. The van der Waals surface area contributed by atoms with E-state index in [1.807, 2.05) is 74.5 Å². The van der Waals surface area contributed by atoms with Crippen molar-refractivity contribution < 1.29 is 9.53 Å². The molecule has 0 saturated carbocycles. The number of nitrogens with one attached hydrogen (secondary N) is 1. The van der Waals surface area contributed by atoms with Crippen molar-refractivity contribution in [1.29, 1.82) is 0 Å². The van der Waals surface area contributed by atoms with Gasteiger partial charge in [-0.1, -0.05) is 54.7 Å². The maximum absolute atomic E-state index is 12.8. The van der Waals surface area contributed by atoms with Crippen molar-refractivity contribution in [1.82, 2.24) is 4.57 Å². The van der Waals surface area contributed by atoms with Gasteiger partial charge in [-0.15, -0.1) is 0 Å². The van der Waals surface area contributed by atoms with E-state index >= 15 is 0 Å². The molecule has 0 aliphatic rings. The Kier molecular flexibility index (Phi) is 5.36. The number of ether oxygens (including phenoxy) is 1. The lowest BCUT2D eigenvalue weighted by molar-refractivity contribution is -0.122. The Morgan fingerprint density at radius 1 is 1.10 bits per heavy atom. The molecule has 1 aromatic heterocycles. The highest BCUT2D eigenvalue weighted by atomic mass is 32.1. The van der Waals surface area contributed by atoms with Gasteiger partial charge in [-0.2, -0.15) is 0 Å². The van der Waals surface area contributed by atoms with Gasteiger partial charge in [0.2, 0.25) is 0 Å². The summed E-state index contributed by atoms with van der Waals surface area (Å²) in [6, 6.07) is 19.3. The maximum Gasteiger partial charge on any atom is 0.308 e. The van der Waals surface area contributed by atoms with Gasteiger partial charge in [0.05, 0.1) is 10.2 Å². The highest BCUT2D eigenvalue weighted by Gasteiger charge is 2.20. The Labute approximate surface area is 172 Å². The molecule has 0 spiro atoms. The predicted octanol–water partition coefficient (Wildman–Crippen LogP) is 5.03. The number of thiazole rings is 1. The topological polar surface area (TPSA) is 60.3 Å². The number of fused-ring (bicyclic) bond motifs is 2. The molecule has 1 atom stereocenters. The van der Waals surface area contributed by atoms with Crippen molar-refractivity contribution in [2.24, 2.45) is 0 Å². The molecule has 0 aliphatic heterocycles. The average molecular weight is 407 g/mol. The molecule has 0 fully saturated rings. The van der Waals surface area contributed by atoms with Crippen LogP contribution < -0.4 is 14.9 Å². The minimum absolute atomic E-state index is 0.0108. The van der Waals surface area contributed by atoms with Gasteiger partial charge in [-0.05, 0) is 43.0 Å². The van der Waals surface area contributed by atoms with E-state index in [9.17, 15) is 9.59 Å². The Morgan fingerprint density at radius 2 is 1.90 bits per heavy atom. The molecule has 4 aromatic rings. The number of anilines is 1. The van der Waals surface area contributed by atoms with Gasteiger partial charge in [-0.3, -0.25) is 14.2 Å². The van der Waals surface area contributed by atoms with E-state index in [2.05, 4.69) is 5.32 Å². The van der Waals surface area contributed by atoms with Crippen LogP contribution in [0.2, 0.25) is 0 Å². The van der Waals surface area contributed by atoms with E-state index in [1.165, 1.54) is 11.3 Å². The number of hydrogen-bond donors (Lipinski definition) is 1. The number of aromatic nitrogens is 1. The van der Waals surface area contributed by atoms with Crippen molar-refractivity contribution in [3.8, 4) is 5.75 Å². The highest BCUT2D eigenvalue weighted by molar-refractivity contribution is 7.16. The molecule has 29 heavy (non-hydrogen) atoms. The number of aryl methyl sites for hydroxylation is 1. The molecule has 1 heterocycles. The molecule has 1 amide bonds. The average Bonchev–Trinajstić information content (AvgIpc) is 3.06. The van der Waals surface area contributed by atoms with Crippen molar-refractivity contribution >= 4 is 43.9 Å². The van der Waals surface area contributed by atoms with Crippen LogP contribution in [0, 0.1) is 0 Å². The van der Waals surface area contributed by atoms with Crippen LogP contribution in [-0.2, 0) is 11.3 Å². The zero-order valence-corrected chi connectivity index (χ0v) is 17.2. The molecule has 0 aliphatic carbocycles. The fourth-order valence-electron chi connectivity index (χ4n) is 3.44. The van der Waals surface area contributed by atoms with Gasteiger partial charge in [-0.25, -0.2) is 0 Å². The summed E-state index contributed by atoms with van der Waals surface area (Å²) in [4.78, 5) is 24.9. The summed E-state index contributed by atoms with van der Waals surface area (Å²) in [5.74, 6) is 0.487. The quantitative estimate of drug-likeness (QED) is 0.488. The van der Waals surface area contributed by atoms with Crippen LogP contribution in [-0.4, -0.2) is 16.6 Å². The van der Waals surface area contributed by atoms with Gasteiger partial charge in [0, 0.05) is 17.6 Å². The van der Waals surface area contributed by atoms with Gasteiger partial charge >= 0.3 is 4.87 Å². The summed E-state index contributed by atoms with van der Waals surface area (Å²) in [6.07, 6.45) is -0.0768. The first kappa shape index (κ1) is 19.2. The standard InChI is InChI=1S/C23H22N2O3S/c1-3-19(28-20-11-7-9-15-8-5-6-10-17(15)20)22(26)24-16-12-13-18-21(14-16)29-23(27)25(18)4-2/h5-14,19H,3-4H2,1-2H3,(H,24,26). The Balaban J connectivity index is 1.56. The number of rotatable bonds is 6.